The number of hydrogen-bond donors (Lipinski definition) is 1. The lowest BCUT2D eigenvalue weighted by Gasteiger charge is -2.06. The molecule has 0 unspecified atom stereocenters. The van der Waals surface area contributed by atoms with Gasteiger partial charge in [-0.3, -0.25) is 10.1 Å². The van der Waals surface area contributed by atoms with Crippen LogP contribution in [0.5, 0.6) is 11.6 Å². The van der Waals surface area contributed by atoms with E-state index in [1.807, 2.05) is 6.07 Å². The van der Waals surface area contributed by atoms with E-state index in [0.717, 1.165) is 5.56 Å². The molecule has 2 rings (SSSR count). The number of aromatic nitrogens is 1. The van der Waals surface area contributed by atoms with Crippen LogP contribution in [-0.4, -0.2) is 9.91 Å². The van der Waals surface area contributed by atoms with Crippen LogP contribution in [-0.2, 0) is 6.54 Å². The second-order valence-corrected chi connectivity index (χ2v) is 4.12. The van der Waals surface area contributed by atoms with Crippen molar-refractivity contribution in [3.05, 3.63) is 57.2 Å². The first-order valence-electron chi connectivity index (χ1n) is 5.37. The second kappa shape index (κ2) is 5.64. The van der Waals surface area contributed by atoms with Crippen molar-refractivity contribution < 1.29 is 9.66 Å². The van der Waals surface area contributed by atoms with Crippen molar-refractivity contribution in [2.75, 3.05) is 0 Å². The molecular weight excluding hydrogens is 270 g/mol. The summed E-state index contributed by atoms with van der Waals surface area (Å²) >= 11 is 5.67. The second-order valence-electron chi connectivity index (χ2n) is 3.69. The van der Waals surface area contributed by atoms with Crippen molar-refractivity contribution in [1.29, 1.82) is 0 Å². The van der Waals surface area contributed by atoms with Gasteiger partial charge in [0.15, 0.2) is 0 Å². The van der Waals surface area contributed by atoms with E-state index >= 15 is 0 Å². The first-order valence-corrected chi connectivity index (χ1v) is 5.74. The Morgan fingerprint density at radius 1 is 1.42 bits per heavy atom. The van der Waals surface area contributed by atoms with Crippen LogP contribution in [0.1, 0.15) is 5.56 Å². The maximum absolute atomic E-state index is 10.9. The van der Waals surface area contributed by atoms with Crippen LogP contribution in [0.2, 0.25) is 5.02 Å². The zero-order valence-corrected chi connectivity index (χ0v) is 10.5. The van der Waals surface area contributed by atoms with E-state index < -0.39 is 4.92 Å². The van der Waals surface area contributed by atoms with Crippen molar-refractivity contribution in [2.45, 2.75) is 6.54 Å². The van der Waals surface area contributed by atoms with Gasteiger partial charge in [-0.25, -0.2) is 4.98 Å². The fraction of sp³-hybridized carbons (Fsp3) is 0.0833. The van der Waals surface area contributed by atoms with Gasteiger partial charge in [0.2, 0.25) is 0 Å². The predicted molar refractivity (Wildman–Crippen MR) is 70.3 cm³/mol. The molecule has 98 valence electrons. The lowest BCUT2D eigenvalue weighted by atomic mass is 10.2. The van der Waals surface area contributed by atoms with Gasteiger partial charge in [0.25, 0.3) is 5.88 Å². The molecule has 0 bridgehead atoms. The van der Waals surface area contributed by atoms with Gasteiger partial charge in [0.1, 0.15) is 5.75 Å². The molecule has 0 aliphatic carbocycles. The number of nitrogens with two attached hydrogens (primary N) is 1. The first kappa shape index (κ1) is 13.3. The molecule has 0 saturated heterocycles. The summed E-state index contributed by atoms with van der Waals surface area (Å²) in [5.41, 5.74) is 6.08. The van der Waals surface area contributed by atoms with Gasteiger partial charge < -0.3 is 10.5 Å². The minimum Gasteiger partial charge on any atom is -0.434 e. The van der Waals surface area contributed by atoms with Crippen molar-refractivity contribution in [3.63, 3.8) is 0 Å². The molecular formula is C12H10ClN3O3. The third-order valence-corrected chi connectivity index (χ3v) is 2.55. The molecule has 1 aromatic heterocycles. The van der Waals surface area contributed by atoms with Crippen LogP contribution in [0, 0.1) is 10.1 Å². The maximum Gasteiger partial charge on any atom is 0.332 e. The molecule has 2 N–H and O–H groups in total. The van der Waals surface area contributed by atoms with Gasteiger partial charge in [-0.2, -0.15) is 0 Å². The van der Waals surface area contributed by atoms with E-state index in [0.29, 0.717) is 12.3 Å². The van der Waals surface area contributed by atoms with Crippen molar-refractivity contribution in [1.82, 2.24) is 4.98 Å². The molecule has 0 saturated carbocycles. The lowest BCUT2D eigenvalue weighted by molar-refractivity contribution is -0.386. The average molecular weight is 280 g/mol. The Morgan fingerprint density at radius 2 is 2.21 bits per heavy atom. The topological polar surface area (TPSA) is 91.3 Å². The highest BCUT2D eigenvalue weighted by molar-refractivity contribution is 6.30. The fourth-order valence-electron chi connectivity index (χ4n) is 1.47. The van der Waals surface area contributed by atoms with Gasteiger partial charge in [-0.1, -0.05) is 23.7 Å². The number of pyridine rings is 1. The Balaban J connectivity index is 2.34. The van der Waals surface area contributed by atoms with Crippen LogP contribution >= 0.6 is 11.6 Å². The Bertz CT molecular complexity index is 619. The van der Waals surface area contributed by atoms with Crippen LogP contribution in [0.3, 0.4) is 0 Å². The lowest BCUT2D eigenvalue weighted by Crippen LogP contribution is -1.98. The highest BCUT2D eigenvalue weighted by atomic mass is 35.5. The molecule has 0 fully saturated rings. The van der Waals surface area contributed by atoms with Gasteiger partial charge in [0.05, 0.1) is 16.1 Å². The highest BCUT2D eigenvalue weighted by Crippen LogP contribution is 2.31. The summed E-state index contributed by atoms with van der Waals surface area (Å²) in [6, 6.07) is 8.13. The van der Waals surface area contributed by atoms with Crippen molar-refractivity contribution in [2.24, 2.45) is 5.73 Å². The normalized spacial score (nSPS) is 10.2. The Kier molecular flexibility index (Phi) is 3.94. The SMILES string of the molecule is NCc1cccc(Oc2ncc(Cl)cc2[N+](=O)[O-])c1. The zero-order valence-electron chi connectivity index (χ0n) is 9.75. The maximum atomic E-state index is 10.9. The Hall–Kier alpha value is -2.18. The molecule has 6 nitrogen and oxygen atoms in total. The summed E-state index contributed by atoms with van der Waals surface area (Å²) in [5, 5.41) is 11.1. The minimum absolute atomic E-state index is 0.108. The first-order chi connectivity index (χ1) is 9.10. The quantitative estimate of drug-likeness (QED) is 0.686. The number of halogens is 1. The molecule has 0 spiro atoms. The summed E-state index contributed by atoms with van der Waals surface area (Å²) < 4.78 is 5.40. The summed E-state index contributed by atoms with van der Waals surface area (Å²) in [4.78, 5) is 14.1. The number of rotatable bonds is 4. The number of benzene rings is 1. The van der Waals surface area contributed by atoms with Gasteiger partial charge in [-0.05, 0) is 17.7 Å². The molecule has 0 atom stereocenters. The number of nitrogens with zero attached hydrogens (tertiary/aromatic N) is 2. The zero-order chi connectivity index (χ0) is 13.8. The Morgan fingerprint density at radius 3 is 2.89 bits per heavy atom. The summed E-state index contributed by atoms with van der Waals surface area (Å²) in [6.45, 7) is 0.355. The highest BCUT2D eigenvalue weighted by Gasteiger charge is 2.18. The smallest absolute Gasteiger partial charge is 0.332 e. The van der Waals surface area contributed by atoms with E-state index in [4.69, 9.17) is 22.1 Å². The van der Waals surface area contributed by atoms with Crippen LogP contribution in [0.25, 0.3) is 0 Å². The average Bonchev–Trinajstić information content (AvgIpc) is 2.41. The predicted octanol–water partition coefficient (Wildman–Crippen LogP) is 2.89. The monoisotopic (exact) mass is 279 g/mol. The molecule has 0 aliphatic heterocycles. The number of nitro groups is 1. The molecule has 2 aromatic rings. The fourth-order valence-corrected chi connectivity index (χ4v) is 1.63. The number of hydrogen-bond acceptors (Lipinski definition) is 5. The minimum atomic E-state index is -0.596. The standard InChI is InChI=1S/C12H10ClN3O3/c13-9-5-11(16(17)18)12(15-7-9)19-10-3-1-2-8(4-10)6-14/h1-5,7H,6,14H2. The Labute approximate surface area is 113 Å². The summed E-state index contributed by atoms with van der Waals surface area (Å²) in [7, 11) is 0. The van der Waals surface area contributed by atoms with E-state index in [9.17, 15) is 10.1 Å². The van der Waals surface area contributed by atoms with E-state index in [-0.39, 0.29) is 16.6 Å². The van der Waals surface area contributed by atoms with Gasteiger partial charge in [0, 0.05) is 12.6 Å². The third kappa shape index (κ3) is 3.18. The van der Waals surface area contributed by atoms with E-state index in [1.165, 1.54) is 12.3 Å². The van der Waals surface area contributed by atoms with Gasteiger partial charge >= 0.3 is 5.69 Å². The van der Waals surface area contributed by atoms with E-state index in [1.54, 1.807) is 18.2 Å². The molecule has 0 aliphatic rings. The number of ether oxygens (including phenoxy) is 1. The molecule has 0 radical (unpaired) electrons. The molecule has 0 amide bonds. The summed E-state index contributed by atoms with van der Waals surface area (Å²) in [6.07, 6.45) is 1.29. The third-order valence-electron chi connectivity index (χ3n) is 2.34. The largest absolute Gasteiger partial charge is 0.434 e. The summed E-state index contributed by atoms with van der Waals surface area (Å²) in [5.74, 6) is 0.324. The van der Waals surface area contributed by atoms with Crippen LogP contribution < -0.4 is 10.5 Å². The van der Waals surface area contributed by atoms with Gasteiger partial charge in [-0.15, -0.1) is 0 Å². The molecule has 19 heavy (non-hydrogen) atoms. The van der Waals surface area contributed by atoms with Crippen LogP contribution in [0.15, 0.2) is 36.5 Å². The van der Waals surface area contributed by atoms with E-state index in [2.05, 4.69) is 4.98 Å². The molecule has 1 heterocycles. The van der Waals surface area contributed by atoms with Crippen LogP contribution in [0.4, 0.5) is 5.69 Å². The van der Waals surface area contributed by atoms with Crippen molar-refractivity contribution >= 4 is 17.3 Å². The molecule has 1 aromatic carbocycles. The van der Waals surface area contributed by atoms with Crippen molar-refractivity contribution in [3.8, 4) is 11.6 Å². The molecule has 7 heteroatoms.